The average molecular weight is 399 g/mol. The lowest BCUT2D eigenvalue weighted by Gasteiger charge is -2.25. The second-order valence-electron chi connectivity index (χ2n) is 6.49. The fraction of sp³-hybridized carbons (Fsp3) is 0.150. The van der Waals surface area contributed by atoms with Crippen LogP contribution in [0.4, 0.5) is 15.9 Å². The molecule has 6 nitrogen and oxygen atoms in total. The van der Waals surface area contributed by atoms with Gasteiger partial charge < -0.3 is 10.6 Å². The summed E-state index contributed by atoms with van der Waals surface area (Å²) in [5, 5.41) is 10.3. The fourth-order valence-corrected chi connectivity index (χ4v) is 3.43. The summed E-state index contributed by atoms with van der Waals surface area (Å²) >= 11 is 6.20. The third-order valence-electron chi connectivity index (χ3n) is 4.62. The second kappa shape index (κ2) is 7.44. The monoisotopic (exact) mass is 398 g/mol. The number of carbonyl (C=O) groups excluding carboxylic acids is 2. The molecule has 4 rings (SSSR count). The van der Waals surface area contributed by atoms with Crippen molar-refractivity contribution in [3.05, 3.63) is 76.7 Å². The van der Waals surface area contributed by atoms with Crippen molar-refractivity contribution in [2.75, 3.05) is 10.6 Å². The number of amides is 2. The molecule has 0 bridgehead atoms. The van der Waals surface area contributed by atoms with Crippen molar-refractivity contribution in [2.24, 2.45) is 0 Å². The van der Waals surface area contributed by atoms with Gasteiger partial charge in [-0.25, -0.2) is 9.07 Å². The van der Waals surface area contributed by atoms with Gasteiger partial charge in [0.25, 0.3) is 0 Å². The van der Waals surface area contributed by atoms with E-state index < -0.39 is 11.7 Å². The Kier molecular flexibility index (Phi) is 4.83. The molecule has 0 spiro atoms. The molecule has 3 aromatic rings. The fourth-order valence-electron chi connectivity index (χ4n) is 3.24. The van der Waals surface area contributed by atoms with Gasteiger partial charge in [0.2, 0.25) is 11.8 Å². The van der Waals surface area contributed by atoms with Crippen LogP contribution in [0.3, 0.4) is 0 Å². The van der Waals surface area contributed by atoms with Gasteiger partial charge in [-0.1, -0.05) is 35.9 Å². The van der Waals surface area contributed by atoms with E-state index in [-0.39, 0.29) is 18.2 Å². The van der Waals surface area contributed by atoms with Crippen LogP contribution in [0.25, 0.3) is 0 Å². The lowest BCUT2D eigenvalue weighted by atomic mass is 9.89. The molecule has 2 heterocycles. The molecule has 2 aromatic carbocycles. The van der Waals surface area contributed by atoms with E-state index in [9.17, 15) is 14.0 Å². The highest BCUT2D eigenvalue weighted by Crippen LogP contribution is 2.33. The molecule has 1 aliphatic rings. The van der Waals surface area contributed by atoms with Crippen LogP contribution < -0.4 is 10.6 Å². The molecular formula is C20H16ClFN4O2. The van der Waals surface area contributed by atoms with Crippen molar-refractivity contribution in [3.8, 4) is 0 Å². The van der Waals surface area contributed by atoms with Crippen LogP contribution >= 0.6 is 11.6 Å². The molecule has 8 heteroatoms. The number of rotatable bonds is 4. The van der Waals surface area contributed by atoms with Gasteiger partial charge in [0, 0.05) is 23.2 Å². The Morgan fingerprint density at radius 1 is 1.29 bits per heavy atom. The first-order chi connectivity index (χ1) is 13.5. The van der Waals surface area contributed by atoms with Crippen molar-refractivity contribution in [2.45, 2.75) is 18.9 Å². The van der Waals surface area contributed by atoms with Crippen molar-refractivity contribution in [3.63, 3.8) is 0 Å². The van der Waals surface area contributed by atoms with E-state index in [1.165, 1.54) is 18.2 Å². The topological polar surface area (TPSA) is 76.0 Å². The van der Waals surface area contributed by atoms with Gasteiger partial charge in [0.15, 0.2) is 0 Å². The highest BCUT2D eigenvalue weighted by molar-refractivity contribution is 6.31. The zero-order valence-electron chi connectivity index (χ0n) is 14.7. The molecule has 0 saturated heterocycles. The van der Waals surface area contributed by atoms with E-state index in [4.69, 9.17) is 11.6 Å². The van der Waals surface area contributed by atoms with Crippen LogP contribution in [0.5, 0.6) is 0 Å². The SMILES string of the molecule is O=C1CC(C(=O)Nc2ccnn2Cc2ccccc2Cl)c2ccc(F)cc2N1. The van der Waals surface area contributed by atoms with Gasteiger partial charge in [-0.15, -0.1) is 0 Å². The zero-order valence-corrected chi connectivity index (χ0v) is 15.4. The lowest BCUT2D eigenvalue weighted by molar-refractivity contribution is -0.123. The summed E-state index contributed by atoms with van der Waals surface area (Å²) in [5.74, 6) is -1.39. The Morgan fingerprint density at radius 2 is 2.11 bits per heavy atom. The standard InChI is InChI=1S/C20H16ClFN4O2/c21-16-4-2-1-3-12(16)11-26-18(7-8-23-26)25-20(28)15-10-19(27)24-17-9-13(22)5-6-14(15)17/h1-9,15H,10-11H2,(H,24,27)(H,25,28). The number of benzene rings is 2. The predicted molar refractivity (Wildman–Crippen MR) is 104 cm³/mol. The zero-order chi connectivity index (χ0) is 19.7. The van der Waals surface area contributed by atoms with Crippen LogP contribution in [0.1, 0.15) is 23.5 Å². The molecule has 1 aromatic heterocycles. The van der Waals surface area contributed by atoms with Crippen LogP contribution in [0.2, 0.25) is 5.02 Å². The Bertz CT molecular complexity index is 1070. The summed E-state index contributed by atoms with van der Waals surface area (Å²) < 4.78 is 15.1. The number of hydrogen-bond donors (Lipinski definition) is 2. The molecule has 0 aliphatic carbocycles. The molecular weight excluding hydrogens is 383 g/mol. The quantitative estimate of drug-likeness (QED) is 0.702. The first kappa shape index (κ1) is 18.2. The maximum atomic E-state index is 13.5. The predicted octanol–water partition coefficient (Wildman–Crippen LogP) is 3.79. The van der Waals surface area contributed by atoms with Crippen molar-refractivity contribution >= 4 is 34.9 Å². The van der Waals surface area contributed by atoms with E-state index in [0.717, 1.165) is 5.56 Å². The maximum absolute atomic E-state index is 13.5. The summed E-state index contributed by atoms with van der Waals surface area (Å²) in [5.41, 5.74) is 1.76. The molecule has 1 atom stereocenters. The number of nitrogens with one attached hydrogen (secondary N) is 2. The maximum Gasteiger partial charge on any atom is 0.233 e. The number of anilines is 2. The second-order valence-corrected chi connectivity index (χ2v) is 6.90. The third kappa shape index (κ3) is 3.61. The summed E-state index contributed by atoms with van der Waals surface area (Å²) in [6, 6.07) is 13.1. The number of hydrogen-bond acceptors (Lipinski definition) is 3. The van der Waals surface area contributed by atoms with Crippen LogP contribution in [0.15, 0.2) is 54.7 Å². The molecule has 1 unspecified atom stereocenters. The third-order valence-corrected chi connectivity index (χ3v) is 4.99. The molecule has 28 heavy (non-hydrogen) atoms. The van der Waals surface area contributed by atoms with Crippen molar-refractivity contribution in [1.29, 1.82) is 0 Å². The van der Waals surface area contributed by atoms with E-state index in [2.05, 4.69) is 15.7 Å². The Hall–Kier alpha value is -3.19. The number of nitrogens with zero attached hydrogens (tertiary/aromatic N) is 2. The van der Waals surface area contributed by atoms with Gasteiger partial charge in [-0.3, -0.25) is 9.59 Å². The summed E-state index contributed by atoms with van der Waals surface area (Å²) in [6.07, 6.45) is 1.56. The van der Waals surface area contributed by atoms with Gasteiger partial charge in [-0.05, 0) is 29.3 Å². The minimum absolute atomic E-state index is 0.0108. The molecule has 2 N–H and O–H groups in total. The first-order valence-corrected chi connectivity index (χ1v) is 9.04. The van der Waals surface area contributed by atoms with Crippen LogP contribution in [-0.2, 0) is 16.1 Å². The molecule has 142 valence electrons. The average Bonchev–Trinajstić information content (AvgIpc) is 3.09. The normalized spacial score (nSPS) is 15.6. The van der Waals surface area contributed by atoms with Gasteiger partial charge in [0.05, 0.1) is 18.7 Å². The summed E-state index contributed by atoms with van der Waals surface area (Å²) in [6.45, 7) is 0.384. The molecule has 1 aliphatic heterocycles. The van der Waals surface area contributed by atoms with E-state index in [0.29, 0.717) is 28.6 Å². The van der Waals surface area contributed by atoms with Gasteiger partial charge >= 0.3 is 0 Å². The molecule has 0 radical (unpaired) electrons. The number of aromatic nitrogens is 2. The smallest absolute Gasteiger partial charge is 0.233 e. The van der Waals surface area contributed by atoms with E-state index in [1.54, 1.807) is 23.0 Å². The number of halogens is 2. The Balaban J connectivity index is 1.56. The Morgan fingerprint density at radius 3 is 2.93 bits per heavy atom. The highest BCUT2D eigenvalue weighted by Gasteiger charge is 2.31. The molecule has 0 saturated carbocycles. The van der Waals surface area contributed by atoms with Gasteiger partial charge in [-0.2, -0.15) is 5.10 Å². The number of fused-ring (bicyclic) bond motifs is 1. The molecule has 2 amide bonds. The van der Waals surface area contributed by atoms with Gasteiger partial charge in [0.1, 0.15) is 11.6 Å². The highest BCUT2D eigenvalue weighted by atomic mass is 35.5. The van der Waals surface area contributed by atoms with E-state index >= 15 is 0 Å². The van der Waals surface area contributed by atoms with Crippen molar-refractivity contribution in [1.82, 2.24) is 9.78 Å². The summed E-state index contributed by atoms with van der Waals surface area (Å²) in [4.78, 5) is 24.8. The first-order valence-electron chi connectivity index (χ1n) is 8.66. The van der Waals surface area contributed by atoms with Crippen LogP contribution in [0, 0.1) is 5.82 Å². The Labute approximate surface area is 165 Å². The minimum atomic E-state index is -0.715. The number of carbonyl (C=O) groups is 2. The largest absolute Gasteiger partial charge is 0.326 e. The minimum Gasteiger partial charge on any atom is -0.326 e. The lowest BCUT2D eigenvalue weighted by Crippen LogP contribution is -2.31. The van der Waals surface area contributed by atoms with Crippen molar-refractivity contribution < 1.29 is 14.0 Å². The molecule has 0 fully saturated rings. The van der Waals surface area contributed by atoms with Crippen LogP contribution in [-0.4, -0.2) is 21.6 Å². The van der Waals surface area contributed by atoms with E-state index in [1.807, 2.05) is 18.2 Å². The summed E-state index contributed by atoms with van der Waals surface area (Å²) in [7, 11) is 0.